The van der Waals surface area contributed by atoms with Crippen molar-refractivity contribution in [3.8, 4) is 5.69 Å². The molecule has 1 aliphatic rings. The van der Waals surface area contributed by atoms with E-state index < -0.39 is 9.84 Å². The highest BCUT2D eigenvalue weighted by Gasteiger charge is 2.28. The molecule has 1 aromatic carbocycles. The Kier molecular flexibility index (Phi) is 4.50. The van der Waals surface area contributed by atoms with Crippen molar-refractivity contribution in [2.45, 2.75) is 44.4 Å². The Morgan fingerprint density at radius 2 is 2.13 bits per heavy atom. The molecule has 0 amide bonds. The number of hydrogen-bond donors (Lipinski definition) is 0. The van der Waals surface area contributed by atoms with Gasteiger partial charge in [0.15, 0.2) is 0 Å². The lowest BCUT2D eigenvalue weighted by molar-refractivity contribution is 0.0304. The van der Waals surface area contributed by atoms with E-state index in [-0.39, 0.29) is 17.0 Å². The molecule has 0 bridgehead atoms. The number of nitrogens with zero attached hydrogens (tertiary/aromatic N) is 3. The molecule has 2 heterocycles. The summed E-state index contributed by atoms with van der Waals surface area (Å²) >= 11 is 0. The largest absolute Gasteiger partial charge is 0.377 e. The molecular weight excluding hydrogens is 314 g/mol. The first kappa shape index (κ1) is 16.1. The number of rotatable bonds is 4. The quantitative estimate of drug-likeness (QED) is 0.856. The summed E-state index contributed by atoms with van der Waals surface area (Å²) in [6.07, 6.45) is 3.97. The summed E-state index contributed by atoms with van der Waals surface area (Å²) in [6.45, 7) is 4.58. The maximum Gasteiger partial charge on any atom is 0.254 e. The fourth-order valence-corrected chi connectivity index (χ4v) is 4.45. The number of aryl methyl sites for hydroxylation is 2. The number of sulfone groups is 1. The van der Waals surface area contributed by atoms with E-state index in [1.165, 1.54) is 6.33 Å². The lowest BCUT2D eigenvalue weighted by Crippen LogP contribution is -2.29. The smallest absolute Gasteiger partial charge is 0.254 e. The van der Waals surface area contributed by atoms with Gasteiger partial charge in [0.05, 0.1) is 17.5 Å². The summed E-state index contributed by atoms with van der Waals surface area (Å²) in [5.41, 5.74) is 2.89. The van der Waals surface area contributed by atoms with E-state index in [1.54, 1.807) is 4.57 Å². The highest BCUT2D eigenvalue weighted by atomic mass is 32.2. The maximum atomic E-state index is 12.7. The molecule has 1 aromatic heterocycles. The zero-order valence-corrected chi connectivity index (χ0v) is 14.2. The molecule has 1 fully saturated rings. The minimum atomic E-state index is -3.56. The van der Waals surface area contributed by atoms with Crippen LogP contribution in [0.4, 0.5) is 0 Å². The van der Waals surface area contributed by atoms with E-state index in [2.05, 4.69) is 10.2 Å². The second kappa shape index (κ2) is 6.41. The number of benzene rings is 1. The highest BCUT2D eigenvalue weighted by molar-refractivity contribution is 7.91. The average Bonchev–Trinajstić information content (AvgIpc) is 2.98. The van der Waals surface area contributed by atoms with Gasteiger partial charge in [0.1, 0.15) is 6.33 Å². The van der Waals surface area contributed by atoms with Crippen molar-refractivity contribution < 1.29 is 13.2 Å². The molecule has 0 spiro atoms. The van der Waals surface area contributed by atoms with Crippen LogP contribution in [0.1, 0.15) is 30.4 Å². The van der Waals surface area contributed by atoms with Gasteiger partial charge in [-0.2, -0.15) is 0 Å². The van der Waals surface area contributed by atoms with E-state index in [1.807, 2.05) is 32.0 Å². The molecule has 1 aliphatic heterocycles. The second-order valence-electron chi connectivity index (χ2n) is 6.04. The monoisotopic (exact) mass is 335 g/mol. The molecule has 1 saturated heterocycles. The third-order valence-electron chi connectivity index (χ3n) is 4.09. The van der Waals surface area contributed by atoms with Crippen molar-refractivity contribution in [1.29, 1.82) is 0 Å². The van der Waals surface area contributed by atoms with Crippen molar-refractivity contribution in [2.24, 2.45) is 0 Å². The van der Waals surface area contributed by atoms with Crippen molar-refractivity contribution >= 4 is 9.84 Å². The molecule has 124 valence electrons. The molecule has 2 aromatic rings. The summed E-state index contributed by atoms with van der Waals surface area (Å²) in [4.78, 5) is 0. The lowest BCUT2D eigenvalue weighted by atomic mass is 10.1. The normalized spacial score (nSPS) is 19.0. The maximum absolute atomic E-state index is 12.7. The Morgan fingerprint density at radius 1 is 1.30 bits per heavy atom. The Labute approximate surface area is 136 Å². The van der Waals surface area contributed by atoms with Gasteiger partial charge >= 0.3 is 0 Å². The number of ether oxygens (including phenoxy) is 1. The van der Waals surface area contributed by atoms with Crippen molar-refractivity contribution in [3.63, 3.8) is 0 Å². The van der Waals surface area contributed by atoms with Crippen LogP contribution in [-0.2, 0) is 14.6 Å². The van der Waals surface area contributed by atoms with E-state index in [9.17, 15) is 8.42 Å². The van der Waals surface area contributed by atoms with E-state index in [4.69, 9.17) is 4.74 Å². The molecule has 1 atom stereocenters. The second-order valence-corrected chi connectivity index (χ2v) is 7.97. The number of hydrogen-bond acceptors (Lipinski definition) is 5. The third-order valence-corrected chi connectivity index (χ3v) is 5.73. The van der Waals surface area contributed by atoms with Gasteiger partial charge in [0.2, 0.25) is 9.84 Å². The molecule has 0 radical (unpaired) electrons. The Morgan fingerprint density at radius 3 is 2.83 bits per heavy atom. The van der Waals surface area contributed by atoms with E-state index >= 15 is 0 Å². The standard InChI is InChI=1S/C16H21N3O3S/c1-12-6-7-15(13(2)9-12)19-11-17-18-16(19)23(20,21)10-14-5-3-4-8-22-14/h6-7,9,11,14H,3-5,8,10H2,1-2H3/t14-/m0/s1. The average molecular weight is 335 g/mol. The fourth-order valence-electron chi connectivity index (χ4n) is 2.94. The van der Waals surface area contributed by atoms with Gasteiger partial charge in [0, 0.05) is 6.61 Å². The van der Waals surface area contributed by atoms with Crippen LogP contribution in [0.15, 0.2) is 29.7 Å². The van der Waals surface area contributed by atoms with Crippen LogP contribution < -0.4 is 0 Å². The van der Waals surface area contributed by atoms with Gasteiger partial charge in [-0.25, -0.2) is 8.42 Å². The minimum Gasteiger partial charge on any atom is -0.377 e. The molecule has 3 rings (SSSR count). The van der Waals surface area contributed by atoms with E-state index in [0.717, 1.165) is 36.1 Å². The molecule has 0 saturated carbocycles. The first-order valence-corrected chi connectivity index (χ1v) is 9.44. The van der Waals surface area contributed by atoms with Crippen LogP contribution in [-0.4, -0.2) is 41.6 Å². The first-order valence-electron chi connectivity index (χ1n) is 7.79. The van der Waals surface area contributed by atoms with Gasteiger partial charge in [0.25, 0.3) is 5.16 Å². The van der Waals surface area contributed by atoms with Crippen LogP contribution in [0.5, 0.6) is 0 Å². The van der Waals surface area contributed by atoms with Crippen molar-refractivity contribution in [3.05, 3.63) is 35.7 Å². The SMILES string of the molecule is Cc1ccc(-n2cnnc2S(=O)(=O)C[C@@H]2CCCCO2)c(C)c1. The summed E-state index contributed by atoms with van der Waals surface area (Å²) in [7, 11) is -3.56. The van der Waals surface area contributed by atoms with Gasteiger partial charge in [-0.15, -0.1) is 10.2 Å². The summed E-state index contributed by atoms with van der Waals surface area (Å²) in [6, 6.07) is 5.85. The van der Waals surface area contributed by atoms with E-state index in [0.29, 0.717) is 6.61 Å². The van der Waals surface area contributed by atoms with Crippen LogP contribution in [0.3, 0.4) is 0 Å². The Bertz CT molecular complexity index is 793. The van der Waals surface area contributed by atoms with Gasteiger partial charge in [-0.1, -0.05) is 17.7 Å². The molecular formula is C16H21N3O3S. The zero-order chi connectivity index (χ0) is 16.4. The highest BCUT2D eigenvalue weighted by Crippen LogP contribution is 2.22. The fraction of sp³-hybridized carbons (Fsp3) is 0.500. The zero-order valence-electron chi connectivity index (χ0n) is 13.4. The Hall–Kier alpha value is -1.73. The van der Waals surface area contributed by atoms with Gasteiger partial charge in [-0.05, 0) is 44.7 Å². The predicted molar refractivity (Wildman–Crippen MR) is 86.5 cm³/mol. The molecule has 0 aliphatic carbocycles. The molecule has 0 N–H and O–H groups in total. The summed E-state index contributed by atoms with van der Waals surface area (Å²) < 4.78 is 32.6. The summed E-state index contributed by atoms with van der Waals surface area (Å²) in [5, 5.41) is 7.66. The van der Waals surface area contributed by atoms with Crippen LogP contribution in [0.25, 0.3) is 5.69 Å². The predicted octanol–water partition coefficient (Wildman–Crippen LogP) is 2.23. The lowest BCUT2D eigenvalue weighted by Gasteiger charge is -2.22. The van der Waals surface area contributed by atoms with Gasteiger partial charge in [-0.3, -0.25) is 4.57 Å². The Balaban J connectivity index is 1.93. The molecule has 6 nitrogen and oxygen atoms in total. The number of aromatic nitrogens is 3. The van der Waals surface area contributed by atoms with Crippen LogP contribution >= 0.6 is 0 Å². The van der Waals surface area contributed by atoms with Crippen molar-refractivity contribution in [2.75, 3.05) is 12.4 Å². The first-order chi connectivity index (χ1) is 11.0. The summed E-state index contributed by atoms with van der Waals surface area (Å²) in [5.74, 6) is -0.0450. The molecule has 0 unspecified atom stereocenters. The van der Waals surface area contributed by atoms with Crippen LogP contribution in [0, 0.1) is 13.8 Å². The third kappa shape index (κ3) is 3.45. The van der Waals surface area contributed by atoms with Crippen LogP contribution in [0.2, 0.25) is 0 Å². The topological polar surface area (TPSA) is 74.1 Å². The van der Waals surface area contributed by atoms with Gasteiger partial charge < -0.3 is 4.74 Å². The minimum absolute atomic E-state index is 0.0152. The van der Waals surface area contributed by atoms with Crippen molar-refractivity contribution in [1.82, 2.24) is 14.8 Å². The molecule has 7 heteroatoms. The molecule has 23 heavy (non-hydrogen) atoms.